The summed E-state index contributed by atoms with van der Waals surface area (Å²) in [4.78, 5) is 69.1. The van der Waals surface area contributed by atoms with Crippen LogP contribution in [0.25, 0.3) is 0 Å². The molecule has 1 aliphatic heterocycles. The lowest BCUT2D eigenvalue weighted by Crippen LogP contribution is -2.62. The van der Waals surface area contributed by atoms with Crippen LogP contribution >= 0.6 is 0 Å². The van der Waals surface area contributed by atoms with Gasteiger partial charge in [-0.3, -0.25) is 19.2 Å². The van der Waals surface area contributed by atoms with Crippen molar-refractivity contribution in [2.24, 2.45) is 23.2 Å². The highest BCUT2D eigenvalue weighted by Crippen LogP contribution is 2.36. The Morgan fingerprint density at radius 2 is 1.54 bits per heavy atom. The maximum absolute atomic E-state index is 14.4. The van der Waals surface area contributed by atoms with Gasteiger partial charge in [-0.1, -0.05) is 66.4 Å². The number of Topliss-reactive ketones (excluding diaryl/α,β-unsaturated/α-hetero) is 1. The first-order valence-electron chi connectivity index (χ1n) is 17.5. The molecule has 0 aromatic carbocycles. The first kappa shape index (κ1) is 39.5. The number of nitrogens with one attached hydrogen (secondary N) is 4. The lowest BCUT2D eigenvalue weighted by Gasteiger charge is -2.38. The summed E-state index contributed by atoms with van der Waals surface area (Å²) in [5, 5.41) is 10.3. The van der Waals surface area contributed by atoms with Crippen molar-refractivity contribution in [3.8, 4) is 0 Å². The zero-order valence-electron chi connectivity index (χ0n) is 30.2. The van der Waals surface area contributed by atoms with E-state index in [4.69, 9.17) is 0 Å². The van der Waals surface area contributed by atoms with Gasteiger partial charge in [-0.15, -0.1) is 6.58 Å². The second-order valence-electron chi connectivity index (χ2n) is 16.3. The highest BCUT2D eigenvalue weighted by atomic mass is 32.2. The predicted molar refractivity (Wildman–Crippen MR) is 186 cm³/mol. The molecule has 3 aliphatic rings. The highest BCUT2D eigenvalue weighted by Gasteiger charge is 2.49. The maximum Gasteiger partial charge on any atom is 0.315 e. The van der Waals surface area contributed by atoms with Gasteiger partial charge in [-0.2, -0.15) is 0 Å². The summed E-state index contributed by atoms with van der Waals surface area (Å²) < 4.78 is 25.8. The van der Waals surface area contributed by atoms with Crippen molar-refractivity contribution in [2.75, 3.05) is 13.1 Å². The minimum Gasteiger partial charge on any atom is -0.346 e. The first-order chi connectivity index (χ1) is 22.2. The van der Waals surface area contributed by atoms with Crippen LogP contribution in [0.3, 0.4) is 0 Å². The van der Waals surface area contributed by atoms with Crippen molar-refractivity contribution in [3.05, 3.63) is 12.7 Å². The third-order valence-corrected chi connectivity index (χ3v) is 13.1. The standard InChI is InChI=1S/C35H59N5O7S/c1-10-18-36-31(43)28(41)25(20-22-15-16-22)37-30(42)27-23(21(2)3)17-19-40(27)32(44)29(34(4,5)6)39-33(45)38-24-13-11-12-14-26(24)48(46,47)35(7,8)9/h10,21-27,29H,1,11-20H2,2-9H3,(H,36,43)(H,37,42)(H2,38,39,45)/t23-,24+,25?,26-,27+,29-/m1/s1. The summed E-state index contributed by atoms with van der Waals surface area (Å²) >= 11 is 0. The van der Waals surface area contributed by atoms with Gasteiger partial charge in [0.15, 0.2) is 9.84 Å². The third-order valence-electron chi connectivity index (χ3n) is 10.0. The number of urea groups is 1. The van der Waals surface area contributed by atoms with Gasteiger partial charge in [0.1, 0.15) is 12.1 Å². The monoisotopic (exact) mass is 693 g/mol. The van der Waals surface area contributed by atoms with Crippen molar-refractivity contribution < 1.29 is 32.4 Å². The van der Waals surface area contributed by atoms with Crippen LogP contribution < -0.4 is 21.3 Å². The normalized spacial score (nSPS) is 24.7. The Kier molecular flexibility index (Phi) is 12.9. The van der Waals surface area contributed by atoms with E-state index in [2.05, 4.69) is 27.8 Å². The number of hydrogen-bond donors (Lipinski definition) is 4. The van der Waals surface area contributed by atoms with E-state index in [1.165, 1.54) is 11.0 Å². The molecule has 4 N–H and O–H groups in total. The highest BCUT2D eigenvalue weighted by molar-refractivity contribution is 7.93. The topological polar surface area (TPSA) is 171 Å². The molecular weight excluding hydrogens is 634 g/mol. The van der Waals surface area contributed by atoms with E-state index >= 15 is 0 Å². The fourth-order valence-electron chi connectivity index (χ4n) is 6.93. The van der Waals surface area contributed by atoms with E-state index in [9.17, 15) is 32.4 Å². The van der Waals surface area contributed by atoms with Crippen molar-refractivity contribution in [1.29, 1.82) is 0 Å². The van der Waals surface area contributed by atoms with Crippen molar-refractivity contribution in [1.82, 2.24) is 26.2 Å². The van der Waals surface area contributed by atoms with Crippen molar-refractivity contribution >= 4 is 39.4 Å². The largest absolute Gasteiger partial charge is 0.346 e. The molecule has 1 heterocycles. The molecule has 272 valence electrons. The molecule has 2 aliphatic carbocycles. The summed E-state index contributed by atoms with van der Waals surface area (Å²) in [7, 11) is -3.56. The third kappa shape index (κ3) is 9.59. The van der Waals surface area contributed by atoms with Crippen LogP contribution in [0.1, 0.15) is 107 Å². The summed E-state index contributed by atoms with van der Waals surface area (Å²) in [5.41, 5.74) is -0.761. The quantitative estimate of drug-likeness (QED) is 0.169. The van der Waals surface area contributed by atoms with Gasteiger partial charge in [0.05, 0.1) is 16.0 Å². The molecule has 13 heteroatoms. The van der Waals surface area contributed by atoms with Crippen LogP contribution in [0.5, 0.6) is 0 Å². The molecule has 1 saturated heterocycles. The van der Waals surface area contributed by atoms with Gasteiger partial charge in [0.2, 0.25) is 17.6 Å². The zero-order chi connectivity index (χ0) is 36.2. The molecule has 6 atom stereocenters. The Bertz CT molecular complexity index is 1330. The van der Waals surface area contributed by atoms with Crippen LogP contribution in [0.4, 0.5) is 4.79 Å². The number of amides is 5. The van der Waals surface area contributed by atoms with Crippen LogP contribution in [0.2, 0.25) is 0 Å². The summed E-state index contributed by atoms with van der Waals surface area (Å²) in [6.45, 7) is 18.4. The Hall–Kier alpha value is -2.96. The Balaban J connectivity index is 1.83. The molecule has 5 amide bonds. The molecule has 0 bridgehead atoms. The molecule has 48 heavy (non-hydrogen) atoms. The molecule has 0 spiro atoms. The van der Waals surface area contributed by atoms with Crippen molar-refractivity contribution in [3.63, 3.8) is 0 Å². The lowest BCUT2D eigenvalue weighted by atomic mass is 9.84. The second-order valence-corrected chi connectivity index (χ2v) is 19.2. The number of sulfone groups is 1. The molecule has 3 rings (SSSR count). The lowest BCUT2D eigenvalue weighted by molar-refractivity contribution is -0.144. The van der Waals surface area contributed by atoms with Crippen LogP contribution in [0.15, 0.2) is 12.7 Å². The van der Waals surface area contributed by atoms with E-state index in [-0.39, 0.29) is 30.8 Å². The molecule has 0 radical (unpaired) electrons. The number of carbonyl (C=O) groups excluding carboxylic acids is 5. The number of ketones is 1. The van der Waals surface area contributed by atoms with E-state index in [1.54, 1.807) is 20.8 Å². The fourth-order valence-corrected chi connectivity index (χ4v) is 8.95. The van der Waals surface area contributed by atoms with Gasteiger partial charge in [0, 0.05) is 19.1 Å². The molecule has 2 saturated carbocycles. The molecule has 0 aromatic heterocycles. The molecular formula is C35H59N5O7S. The van der Waals surface area contributed by atoms with Gasteiger partial charge in [-0.05, 0) is 69.6 Å². The van der Waals surface area contributed by atoms with Crippen LogP contribution in [-0.4, -0.2) is 90.1 Å². The van der Waals surface area contributed by atoms with Crippen LogP contribution in [-0.2, 0) is 29.0 Å². The first-order valence-corrected chi connectivity index (χ1v) is 19.1. The zero-order valence-corrected chi connectivity index (χ0v) is 31.0. The van der Waals surface area contributed by atoms with Crippen molar-refractivity contribution in [2.45, 2.75) is 141 Å². The summed E-state index contributed by atoms with van der Waals surface area (Å²) in [6, 6.07) is -4.19. The van der Waals surface area contributed by atoms with E-state index in [1.807, 2.05) is 34.6 Å². The average molecular weight is 694 g/mol. The van der Waals surface area contributed by atoms with E-state index in [0.717, 1.165) is 25.7 Å². The van der Waals surface area contributed by atoms with E-state index in [0.29, 0.717) is 25.7 Å². The van der Waals surface area contributed by atoms with Gasteiger partial charge in [-0.25, -0.2) is 13.2 Å². The Morgan fingerprint density at radius 3 is 2.08 bits per heavy atom. The number of carbonyl (C=O) groups is 5. The minimum atomic E-state index is -3.56. The number of nitrogens with zero attached hydrogens (tertiary/aromatic N) is 1. The molecule has 0 aromatic rings. The Labute approximate surface area is 287 Å². The fraction of sp³-hybridized carbons (Fsp3) is 0.800. The van der Waals surface area contributed by atoms with Gasteiger partial charge < -0.3 is 26.2 Å². The maximum atomic E-state index is 14.4. The van der Waals surface area contributed by atoms with E-state index < -0.39 is 79.0 Å². The smallest absolute Gasteiger partial charge is 0.315 e. The van der Waals surface area contributed by atoms with Gasteiger partial charge in [0.25, 0.3) is 5.91 Å². The summed E-state index contributed by atoms with van der Waals surface area (Å²) in [6.07, 6.45) is 6.71. The molecule has 1 unspecified atom stereocenters. The minimum absolute atomic E-state index is 0.0318. The van der Waals surface area contributed by atoms with Crippen LogP contribution in [0, 0.1) is 23.2 Å². The predicted octanol–water partition coefficient (Wildman–Crippen LogP) is 3.25. The molecule has 12 nitrogen and oxygen atoms in total. The number of rotatable bonds is 13. The Morgan fingerprint density at radius 1 is 0.917 bits per heavy atom. The second kappa shape index (κ2) is 15.7. The number of likely N-dealkylation sites (tertiary alicyclic amines) is 1. The average Bonchev–Trinajstić information content (AvgIpc) is 3.69. The number of hydrogen-bond acceptors (Lipinski definition) is 7. The summed E-state index contributed by atoms with van der Waals surface area (Å²) in [5.74, 6) is -2.39. The molecule has 3 fully saturated rings. The SMILES string of the molecule is C=CCNC(=O)C(=O)C(CC1CC1)NC(=O)[C@@H]1[C@@H](C(C)C)CCN1C(=O)[C@@H](NC(=O)N[C@H]1CCCC[C@H]1S(=O)(=O)C(C)(C)C)C(C)(C)C. The van der Waals surface area contributed by atoms with Gasteiger partial charge >= 0.3 is 6.03 Å².